The number of esters is 1. The Hall–Kier alpha value is -2.53. The average molecular weight is 369 g/mol. The summed E-state index contributed by atoms with van der Waals surface area (Å²) in [5.41, 5.74) is 2.67. The smallest absolute Gasteiger partial charge is 0.340 e. The van der Waals surface area contributed by atoms with Crippen LogP contribution in [0.1, 0.15) is 41.3 Å². The first-order valence-electron chi connectivity index (χ1n) is 9.43. The Kier molecular flexibility index (Phi) is 5.71. The summed E-state index contributed by atoms with van der Waals surface area (Å²) in [6, 6.07) is 12.9. The van der Waals surface area contributed by atoms with E-state index >= 15 is 0 Å². The molecule has 0 amide bonds. The van der Waals surface area contributed by atoms with Crippen molar-refractivity contribution < 1.29 is 19.7 Å². The van der Waals surface area contributed by atoms with Crippen LogP contribution in [0.2, 0.25) is 0 Å². The second-order valence-electron chi connectivity index (χ2n) is 7.30. The Balaban J connectivity index is 1.72. The third-order valence-electron chi connectivity index (χ3n) is 5.17. The number of carbonyl (C=O) groups excluding carboxylic acids is 1. The molecule has 27 heavy (non-hydrogen) atoms. The number of rotatable bonds is 5. The summed E-state index contributed by atoms with van der Waals surface area (Å²) in [6.07, 6.45) is 1.81. The molecule has 0 atom stereocenters. The minimum atomic E-state index is -0.757. The lowest BCUT2D eigenvalue weighted by molar-refractivity contribution is 0.0165. The predicted molar refractivity (Wildman–Crippen MR) is 105 cm³/mol. The van der Waals surface area contributed by atoms with Gasteiger partial charge >= 0.3 is 5.97 Å². The Labute approximate surface area is 160 Å². The molecule has 0 radical (unpaired) electrons. The second kappa shape index (κ2) is 8.01. The first kappa shape index (κ1) is 19.2. The average Bonchev–Trinajstić information content (AvgIpc) is 2.64. The van der Waals surface area contributed by atoms with Gasteiger partial charge in [-0.15, -0.1) is 0 Å². The monoisotopic (exact) mass is 369 g/mol. The van der Waals surface area contributed by atoms with E-state index < -0.39 is 11.6 Å². The number of phenolic OH excluding ortho intramolecular Hbond substituents is 1. The topological polar surface area (TPSA) is 70.0 Å². The number of anilines is 1. The van der Waals surface area contributed by atoms with Crippen LogP contribution in [0.3, 0.4) is 0 Å². The molecule has 0 unspecified atom stereocenters. The Morgan fingerprint density at radius 1 is 1.15 bits per heavy atom. The number of aromatic hydroxyl groups is 1. The molecule has 0 bridgehead atoms. The molecule has 2 aromatic rings. The summed E-state index contributed by atoms with van der Waals surface area (Å²) in [5, 5.41) is 20.9. The van der Waals surface area contributed by atoms with Crippen molar-refractivity contribution in [3.8, 4) is 5.75 Å². The van der Waals surface area contributed by atoms with E-state index in [4.69, 9.17) is 4.74 Å². The fraction of sp³-hybridized carbons (Fsp3) is 0.409. The zero-order valence-corrected chi connectivity index (χ0v) is 15.9. The molecule has 2 aromatic carbocycles. The fourth-order valence-electron chi connectivity index (χ4n) is 3.59. The summed E-state index contributed by atoms with van der Waals surface area (Å²) in [5.74, 6) is -0.286. The van der Waals surface area contributed by atoms with E-state index in [1.54, 1.807) is 19.1 Å². The molecule has 0 spiro atoms. The summed E-state index contributed by atoms with van der Waals surface area (Å²) in [7, 11) is 0. The van der Waals surface area contributed by atoms with Crippen molar-refractivity contribution in [1.82, 2.24) is 0 Å². The molecule has 0 aromatic heterocycles. The third-order valence-corrected chi connectivity index (χ3v) is 5.17. The van der Waals surface area contributed by atoms with E-state index in [2.05, 4.69) is 24.3 Å². The van der Waals surface area contributed by atoms with Crippen LogP contribution in [-0.2, 0) is 11.2 Å². The Morgan fingerprint density at radius 3 is 2.44 bits per heavy atom. The van der Waals surface area contributed by atoms with Crippen molar-refractivity contribution in [2.24, 2.45) is 0 Å². The normalized spacial score (nSPS) is 16.2. The lowest BCUT2D eigenvalue weighted by Gasteiger charge is -2.40. The summed E-state index contributed by atoms with van der Waals surface area (Å²) in [4.78, 5) is 14.3. The van der Waals surface area contributed by atoms with Gasteiger partial charge < -0.3 is 19.8 Å². The number of hydrogen-bond acceptors (Lipinski definition) is 5. The minimum Gasteiger partial charge on any atom is -0.508 e. The first-order chi connectivity index (χ1) is 12.9. The number of benzene rings is 2. The maximum atomic E-state index is 12.2. The highest BCUT2D eigenvalue weighted by molar-refractivity contribution is 5.96. The zero-order chi connectivity index (χ0) is 19.4. The number of aryl methyl sites for hydroxylation is 1. The van der Waals surface area contributed by atoms with Crippen LogP contribution in [0.15, 0.2) is 42.5 Å². The zero-order valence-electron chi connectivity index (χ0n) is 15.9. The van der Waals surface area contributed by atoms with Gasteiger partial charge in [-0.25, -0.2) is 4.79 Å². The molecule has 144 valence electrons. The molecule has 1 saturated heterocycles. The summed E-state index contributed by atoms with van der Waals surface area (Å²) in [6.45, 7) is 5.34. The summed E-state index contributed by atoms with van der Waals surface area (Å²) < 4.78 is 5.13. The number of carbonyl (C=O) groups is 1. The van der Waals surface area contributed by atoms with Crippen LogP contribution >= 0.6 is 0 Å². The minimum absolute atomic E-state index is 0.110. The van der Waals surface area contributed by atoms with Crippen LogP contribution < -0.4 is 4.90 Å². The molecular weight excluding hydrogens is 342 g/mol. The van der Waals surface area contributed by atoms with Crippen molar-refractivity contribution >= 4 is 11.7 Å². The van der Waals surface area contributed by atoms with Crippen LogP contribution in [-0.4, -0.2) is 41.5 Å². The van der Waals surface area contributed by atoms with Crippen molar-refractivity contribution in [2.45, 2.75) is 38.7 Å². The molecule has 3 rings (SSSR count). The van der Waals surface area contributed by atoms with E-state index in [0.29, 0.717) is 50.2 Å². The van der Waals surface area contributed by atoms with Crippen LogP contribution in [0, 0.1) is 6.92 Å². The van der Waals surface area contributed by atoms with Gasteiger partial charge in [0.15, 0.2) is 0 Å². The fourth-order valence-corrected chi connectivity index (χ4v) is 3.59. The number of hydrogen-bond donors (Lipinski definition) is 2. The summed E-state index contributed by atoms with van der Waals surface area (Å²) >= 11 is 0. The van der Waals surface area contributed by atoms with Gasteiger partial charge in [0.25, 0.3) is 0 Å². The maximum absolute atomic E-state index is 12.2. The third kappa shape index (κ3) is 4.61. The van der Waals surface area contributed by atoms with E-state index in [0.717, 1.165) is 5.56 Å². The van der Waals surface area contributed by atoms with Gasteiger partial charge in [-0.1, -0.05) is 29.8 Å². The van der Waals surface area contributed by atoms with E-state index in [1.807, 2.05) is 11.8 Å². The molecule has 5 nitrogen and oxygen atoms in total. The van der Waals surface area contributed by atoms with E-state index in [9.17, 15) is 15.0 Å². The number of aliphatic hydroxyl groups is 1. The van der Waals surface area contributed by atoms with Crippen molar-refractivity contribution in [1.29, 1.82) is 0 Å². The van der Waals surface area contributed by atoms with Crippen molar-refractivity contribution in [2.75, 3.05) is 24.6 Å². The maximum Gasteiger partial charge on any atom is 0.340 e. The molecule has 0 aliphatic carbocycles. The molecule has 5 heteroatoms. The molecule has 2 N–H and O–H groups in total. The highest BCUT2D eigenvalue weighted by Gasteiger charge is 2.33. The van der Waals surface area contributed by atoms with Crippen molar-refractivity contribution in [3.63, 3.8) is 0 Å². The Bertz CT molecular complexity index is 792. The van der Waals surface area contributed by atoms with Gasteiger partial charge in [-0.05, 0) is 44.4 Å². The van der Waals surface area contributed by atoms with Crippen LogP contribution in [0.25, 0.3) is 0 Å². The molecule has 0 saturated carbocycles. The number of ether oxygens (including phenoxy) is 1. The second-order valence-corrected chi connectivity index (χ2v) is 7.30. The predicted octanol–water partition coefficient (Wildman–Crippen LogP) is 3.45. The largest absolute Gasteiger partial charge is 0.508 e. The number of phenols is 1. The van der Waals surface area contributed by atoms with E-state index in [1.165, 1.54) is 11.6 Å². The molecule has 1 fully saturated rings. The highest BCUT2D eigenvalue weighted by Crippen LogP contribution is 2.33. The molecule has 1 aliphatic heterocycles. The van der Waals surface area contributed by atoms with Crippen LogP contribution in [0.5, 0.6) is 5.75 Å². The standard InChI is InChI=1S/C22H27NO4/c1-3-27-21(25)19-9-8-18(24)14-20(19)23-12-10-22(26,11-13-23)15-17-6-4-16(2)5-7-17/h4-9,14,24,26H,3,10-13,15H2,1-2H3. The van der Waals surface area contributed by atoms with Gasteiger partial charge in [0.2, 0.25) is 0 Å². The van der Waals surface area contributed by atoms with Gasteiger partial charge in [-0.2, -0.15) is 0 Å². The lowest BCUT2D eigenvalue weighted by atomic mass is 9.85. The van der Waals surface area contributed by atoms with Crippen LogP contribution in [0.4, 0.5) is 5.69 Å². The quantitative estimate of drug-likeness (QED) is 0.790. The number of piperidine rings is 1. The van der Waals surface area contributed by atoms with Crippen molar-refractivity contribution in [3.05, 3.63) is 59.2 Å². The molecule has 1 heterocycles. The lowest BCUT2D eigenvalue weighted by Crippen LogP contribution is -2.46. The van der Waals surface area contributed by atoms with Gasteiger partial charge in [0, 0.05) is 25.6 Å². The van der Waals surface area contributed by atoms with Gasteiger partial charge in [-0.3, -0.25) is 0 Å². The van der Waals surface area contributed by atoms with Gasteiger partial charge in [0.1, 0.15) is 5.75 Å². The van der Waals surface area contributed by atoms with Gasteiger partial charge in [0.05, 0.1) is 23.5 Å². The SMILES string of the molecule is CCOC(=O)c1ccc(O)cc1N1CCC(O)(Cc2ccc(C)cc2)CC1. The molecule has 1 aliphatic rings. The Morgan fingerprint density at radius 2 is 1.81 bits per heavy atom. The van der Waals surface area contributed by atoms with E-state index in [-0.39, 0.29) is 5.75 Å². The highest BCUT2D eigenvalue weighted by atomic mass is 16.5. The first-order valence-corrected chi connectivity index (χ1v) is 9.43. The molecular formula is C22H27NO4. The number of nitrogens with zero attached hydrogens (tertiary/aromatic N) is 1.